The van der Waals surface area contributed by atoms with Crippen molar-refractivity contribution in [3.63, 3.8) is 0 Å². The molecule has 1 heterocycles. The molecule has 3 atom stereocenters. The molecule has 1 rings (SSSR count). The third kappa shape index (κ3) is 2.47. The molecule has 1 aliphatic rings. The van der Waals surface area contributed by atoms with Gasteiger partial charge in [0.05, 0.1) is 5.92 Å². The summed E-state index contributed by atoms with van der Waals surface area (Å²) in [7, 11) is 0. The molecule has 1 amide bonds. The average Bonchev–Trinajstić information content (AvgIpc) is 2.63. The standard InChI is InChI=1S/C10H18N2O3/c1-6(7(2)11)9(13)12-5-3-4-8(12)10(14)15/h6-8H,3-5,11H2,1-2H3,(H,14,15)/t6?,7?,8-/m1/s1. The molecule has 1 fully saturated rings. The summed E-state index contributed by atoms with van der Waals surface area (Å²) < 4.78 is 0. The molecule has 0 aromatic heterocycles. The number of carboxylic acids is 1. The molecular formula is C10H18N2O3. The van der Waals surface area contributed by atoms with Gasteiger partial charge in [0.15, 0.2) is 0 Å². The third-order valence-corrected chi connectivity index (χ3v) is 3.00. The Morgan fingerprint density at radius 3 is 2.53 bits per heavy atom. The smallest absolute Gasteiger partial charge is 0.326 e. The Labute approximate surface area is 89.2 Å². The Morgan fingerprint density at radius 1 is 1.47 bits per heavy atom. The Balaban J connectivity index is 2.70. The predicted molar refractivity (Wildman–Crippen MR) is 55.2 cm³/mol. The fraction of sp³-hybridized carbons (Fsp3) is 0.800. The number of carbonyl (C=O) groups is 2. The number of nitrogens with two attached hydrogens (primary N) is 1. The minimum Gasteiger partial charge on any atom is -0.480 e. The van der Waals surface area contributed by atoms with E-state index in [-0.39, 0.29) is 17.9 Å². The van der Waals surface area contributed by atoms with Gasteiger partial charge in [0.2, 0.25) is 5.91 Å². The van der Waals surface area contributed by atoms with E-state index in [0.29, 0.717) is 13.0 Å². The molecule has 0 spiro atoms. The van der Waals surface area contributed by atoms with E-state index in [9.17, 15) is 9.59 Å². The zero-order chi connectivity index (χ0) is 11.6. The van der Waals surface area contributed by atoms with Crippen LogP contribution in [0.5, 0.6) is 0 Å². The number of hydrogen-bond acceptors (Lipinski definition) is 3. The van der Waals surface area contributed by atoms with Crippen molar-refractivity contribution in [2.75, 3.05) is 6.54 Å². The van der Waals surface area contributed by atoms with Crippen molar-refractivity contribution < 1.29 is 14.7 Å². The minimum atomic E-state index is -0.919. The fourth-order valence-corrected chi connectivity index (χ4v) is 1.77. The monoisotopic (exact) mass is 214 g/mol. The summed E-state index contributed by atoms with van der Waals surface area (Å²) in [6.07, 6.45) is 1.31. The minimum absolute atomic E-state index is 0.144. The van der Waals surface area contributed by atoms with Crippen LogP contribution in [0.15, 0.2) is 0 Å². The van der Waals surface area contributed by atoms with Gasteiger partial charge in [-0.2, -0.15) is 0 Å². The van der Waals surface area contributed by atoms with Crippen LogP contribution in [0.1, 0.15) is 26.7 Å². The van der Waals surface area contributed by atoms with Gasteiger partial charge >= 0.3 is 5.97 Å². The van der Waals surface area contributed by atoms with Crippen LogP contribution in [0.25, 0.3) is 0 Å². The van der Waals surface area contributed by atoms with Crippen molar-refractivity contribution in [2.45, 2.75) is 38.8 Å². The van der Waals surface area contributed by atoms with Gasteiger partial charge in [0.1, 0.15) is 6.04 Å². The van der Waals surface area contributed by atoms with Gasteiger partial charge in [-0.05, 0) is 19.8 Å². The summed E-state index contributed by atoms with van der Waals surface area (Å²) in [5, 5.41) is 8.93. The van der Waals surface area contributed by atoms with E-state index >= 15 is 0 Å². The van der Waals surface area contributed by atoms with Gasteiger partial charge in [-0.15, -0.1) is 0 Å². The fourth-order valence-electron chi connectivity index (χ4n) is 1.77. The van der Waals surface area contributed by atoms with Crippen LogP contribution >= 0.6 is 0 Å². The molecule has 3 N–H and O–H groups in total. The van der Waals surface area contributed by atoms with Crippen molar-refractivity contribution in [3.8, 4) is 0 Å². The van der Waals surface area contributed by atoms with Crippen molar-refractivity contribution >= 4 is 11.9 Å². The predicted octanol–water partition coefficient (Wildman–Crippen LogP) is 0.0453. The first-order valence-corrected chi connectivity index (χ1v) is 5.24. The zero-order valence-corrected chi connectivity index (χ0v) is 9.14. The van der Waals surface area contributed by atoms with Gasteiger partial charge in [-0.25, -0.2) is 4.79 Å². The van der Waals surface area contributed by atoms with Gasteiger partial charge in [-0.1, -0.05) is 6.92 Å². The molecule has 0 bridgehead atoms. The molecule has 0 aromatic rings. The van der Waals surface area contributed by atoms with Crippen LogP contribution in [-0.4, -0.2) is 40.5 Å². The summed E-state index contributed by atoms with van der Waals surface area (Å²) in [6.45, 7) is 4.03. The lowest BCUT2D eigenvalue weighted by molar-refractivity contribution is -0.149. The topological polar surface area (TPSA) is 83.6 Å². The number of aliphatic carboxylic acids is 1. The highest BCUT2D eigenvalue weighted by atomic mass is 16.4. The average molecular weight is 214 g/mol. The second-order valence-electron chi connectivity index (χ2n) is 4.18. The van der Waals surface area contributed by atoms with Crippen LogP contribution in [0.3, 0.4) is 0 Å². The number of nitrogens with zero attached hydrogens (tertiary/aromatic N) is 1. The SMILES string of the molecule is CC(N)C(C)C(=O)N1CCC[C@@H]1C(=O)O. The lowest BCUT2D eigenvalue weighted by atomic mass is 10.0. The van der Waals surface area contributed by atoms with E-state index in [0.717, 1.165) is 6.42 Å². The van der Waals surface area contributed by atoms with Crippen LogP contribution < -0.4 is 5.73 Å². The van der Waals surface area contributed by atoms with E-state index in [1.165, 1.54) is 4.90 Å². The van der Waals surface area contributed by atoms with Gasteiger partial charge in [0, 0.05) is 12.6 Å². The number of likely N-dealkylation sites (tertiary alicyclic amines) is 1. The quantitative estimate of drug-likeness (QED) is 0.695. The Hall–Kier alpha value is -1.10. The van der Waals surface area contributed by atoms with E-state index in [4.69, 9.17) is 10.8 Å². The summed E-state index contributed by atoms with van der Waals surface area (Å²) in [5.74, 6) is -1.38. The summed E-state index contributed by atoms with van der Waals surface area (Å²) >= 11 is 0. The molecule has 2 unspecified atom stereocenters. The number of rotatable bonds is 3. The lowest BCUT2D eigenvalue weighted by Crippen LogP contribution is -2.46. The lowest BCUT2D eigenvalue weighted by Gasteiger charge is -2.26. The maximum Gasteiger partial charge on any atom is 0.326 e. The van der Waals surface area contributed by atoms with Crippen LogP contribution in [-0.2, 0) is 9.59 Å². The van der Waals surface area contributed by atoms with Gasteiger partial charge < -0.3 is 15.7 Å². The molecule has 0 aliphatic carbocycles. The Bertz CT molecular complexity index is 265. The summed E-state index contributed by atoms with van der Waals surface area (Å²) in [4.78, 5) is 24.2. The number of amides is 1. The summed E-state index contributed by atoms with van der Waals surface area (Å²) in [6, 6.07) is -0.897. The molecule has 1 aliphatic heterocycles. The maximum absolute atomic E-state index is 11.9. The second kappa shape index (κ2) is 4.61. The molecule has 15 heavy (non-hydrogen) atoms. The Kier molecular flexibility index (Phi) is 3.68. The molecule has 86 valence electrons. The van der Waals surface area contributed by atoms with Crippen molar-refractivity contribution in [1.29, 1.82) is 0 Å². The van der Waals surface area contributed by atoms with E-state index in [1.807, 2.05) is 0 Å². The van der Waals surface area contributed by atoms with E-state index in [1.54, 1.807) is 13.8 Å². The number of carboxylic acid groups (broad SMARTS) is 1. The largest absolute Gasteiger partial charge is 0.480 e. The van der Waals surface area contributed by atoms with Crippen molar-refractivity contribution in [3.05, 3.63) is 0 Å². The molecule has 0 radical (unpaired) electrons. The Morgan fingerprint density at radius 2 is 2.07 bits per heavy atom. The zero-order valence-electron chi connectivity index (χ0n) is 9.14. The van der Waals surface area contributed by atoms with Gasteiger partial charge in [0.25, 0.3) is 0 Å². The third-order valence-electron chi connectivity index (χ3n) is 3.00. The number of carbonyl (C=O) groups excluding carboxylic acids is 1. The van der Waals surface area contributed by atoms with E-state index < -0.39 is 12.0 Å². The molecular weight excluding hydrogens is 196 g/mol. The maximum atomic E-state index is 11.9. The highest BCUT2D eigenvalue weighted by Crippen LogP contribution is 2.20. The molecule has 5 heteroatoms. The molecule has 1 saturated heterocycles. The van der Waals surface area contributed by atoms with Crippen LogP contribution in [0.4, 0.5) is 0 Å². The first kappa shape index (κ1) is 12.0. The van der Waals surface area contributed by atoms with Crippen LogP contribution in [0.2, 0.25) is 0 Å². The first-order valence-electron chi connectivity index (χ1n) is 5.24. The van der Waals surface area contributed by atoms with E-state index in [2.05, 4.69) is 0 Å². The second-order valence-corrected chi connectivity index (χ2v) is 4.18. The molecule has 5 nitrogen and oxygen atoms in total. The normalized spacial score (nSPS) is 25.0. The first-order chi connectivity index (χ1) is 6.95. The highest BCUT2D eigenvalue weighted by molar-refractivity contribution is 5.85. The van der Waals surface area contributed by atoms with Crippen LogP contribution in [0, 0.1) is 5.92 Å². The molecule has 0 saturated carbocycles. The van der Waals surface area contributed by atoms with Gasteiger partial charge in [-0.3, -0.25) is 4.79 Å². The highest BCUT2D eigenvalue weighted by Gasteiger charge is 2.36. The number of hydrogen-bond donors (Lipinski definition) is 2. The summed E-state index contributed by atoms with van der Waals surface area (Å²) in [5.41, 5.74) is 5.63. The molecule has 0 aromatic carbocycles. The van der Waals surface area contributed by atoms with Crippen molar-refractivity contribution in [1.82, 2.24) is 4.90 Å². The van der Waals surface area contributed by atoms with Crippen molar-refractivity contribution in [2.24, 2.45) is 11.7 Å².